The van der Waals surface area contributed by atoms with Gasteiger partial charge in [-0.15, -0.1) is 0 Å². The van der Waals surface area contributed by atoms with Gasteiger partial charge >= 0.3 is 18.0 Å². The normalized spacial score (nSPS) is 16.2. The van der Waals surface area contributed by atoms with Crippen LogP contribution in [0.25, 0.3) is 0 Å². The van der Waals surface area contributed by atoms with Crippen LogP contribution in [-0.2, 0) is 24.3 Å². The zero-order chi connectivity index (χ0) is 24.2. The van der Waals surface area contributed by atoms with Gasteiger partial charge in [0.2, 0.25) is 10.0 Å². The number of hydrogen-bond acceptors (Lipinski definition) is 8. The maximum atomic E-state index is 12.6. The molecule has 0 saturated heterocycles. The van der Waals surface area contributed by atoms with Crippen molar-refractivity contribution in [1.82, 2.24) is 14.9 Å². The lowest BCUT2D eigenvalue weighted by molar-refractivity contribution is -0.139. The Morgan fingerprint density at radius 3 is 2.52 bits per heavy atom. The molecule has 1 aliphatic rings. The molecule has 1 aliphatic heterocycles. The SMILES string of the molecule is CCOC(=O)C1=C(COC(=O)c2cccc(S(=O)(=O)N(C)C)c2)NC(=O)NC1c1ccco1. The highest BCUT2D eigenvalue weighted by Crippen LogP contribution is 2.28. The average Bonchev–Trinajstić information content (AvgIpc) is 3.32. The fourth-order valence-corrected chi connectivity index (χ4v) is 4.01. The van der Waals surface area contributed by atoms with E-state index >= 15 is 0 Å². The van der Waals surface area contributed by atoms with Crippen molar-refractivity contribution in [2.45, 2.75) is 17.9 Å². The number of carbonyl (C=O) groups excluding carboxylic acids is 3. The predicted molar refractivity (Wildman–Crippen MR) is 114 cm³/mol. The first-order chi connectivity index (χ1) is 15.6. The maximum absolute atomic E-state index is 12.6. The van der Waals surface area contributed by atoms with E-state index in [9.17, 15) is 22.8 Å². The van der Waals surface area contributed by atoms with Crippen molar-refractivity contribution in [2.75, 3.05) is 27.3 Å². The molecule has 2 amide bonds. The number of ether oxygens (including phenoxy) is 2. The lowest BCUT2D eigenvalue weighted by Gasteiger charge is -2.27. The lowest BCUT2D eigenvalue weighted by Crippen LogP contribution is -2.47. The number of nitrogens with one attached hydrogen (secondary N) is 2. The summed E-state index contributed by atoms with van der Waals surface area (Å²) in [4.78, 5) is 37.3. The third-order valence-electron chi connectivity index (χ3n) is 4.67. The monoisotopic (exact) mass is 477 g/mol. The molecule has 2 aromatic rings. The summed E-state index contributed by atoms with van der Waals surface area (Å²) in [6, 6.07) is 6.94. The van der Waals surface area contributed by atoms with Crippen LogP contribution in [0.15, 0.2) is 63.2 Å². The second-order valence-electron chi connectivity index (χ2n) is 7.05. The minimum Gasteiger partial charge on any atom is -0.467 e. The van der Waals surface area contributed by atoms with Gasteiger partial charge in [0.15, 0.2) is 0 Å². The average molecular weight is 477 g/mol. The van der Waals surface area contributed by atoms with Crippen LogP contribution in [0.2, 0.25) is 0 Å². The Morgan fingerprint density at radius 2 is 1.88 bits per heavy atom. The van der Waals surface area contributed by atoms with Crippen LogP contribution in [0.5, 0.6) is 0 Å². The van der Waals surface area contributed by atoms with Gasteiger partial charge in [-0.25, -0.2) is 27.1 Å². The van der Waals surface area contributed by atoms with Crippen molar-refractivity contribution in [3.05, 3.63) is 65.3 Å². The second kappa shape index (κ2) is 9.88. The lowest BCUT2D eigenvalue weighted by atomic mass is 10.0. The van der Waals surface area contributed by atoms with Crippen molar-refractivity contribution in [1.29, 1.82) is 0 Å². The van der Waals surface area contributed by atoms with E-state index in [0.29, 0.717) is 5.76 Å². The summed E-state index contributed by atoms with van der Waals surface area (Å²) >= 11 is 0. The van der Waals surface area contributed by atoms with Crippen LogP contribution in [-0.4, -0.2) is 58.0 Å². The van der Waals surface area contributed by atoms with E-state index in [1.807, 2.05) is 0 Å². The van der Waals surface area contributed by atoms with Crippen molar-refractivity contribution < 1.29 is 36.7 Å². The first-order valence-electron chi connectivity index (χ1n) is 9.86. The highest BCUT2D eigenvalue weighted by molar-refractivity contribution is 7.89. The van der Waals surface area contributed by atoms with E-state index in [-0.39, 0.29) is 28.3 Å². The molecular formula is C21H23N3O8S. The summed E-state index contributed by atoms with van der Waals surface area (Å²) in [5, 5.41) is 5.04. The largest absolute Gasteiger partial charge is 0.467 e. The van der Waals surface area contributed by atoms with Crippen LogP contribution in [0.3, 0.4) is 0 Å². The molecule has 0 saturated carbocycles. The van der Waals surface area contributed by atoms with Crippen LogP contribution in [0, 0.1) is 0 Å². The molecule has 11 nitrogen and oxygen atoms in total. The molecule has 1 atom stereocenters. The summed E-state index contributed by atoms with van der Waals surface area (Å²) in [6.07, 6.45) is 1.39. The van der Waals surface area contributed by atoms with Crippen LogP contribution >= 0.6 is 0 Å². The topological polar surface area (TPSA) is 144 Å². The van der Waals surface area contributed by atoms with E-state index in [1.165, 1.54) is 44.6 Å². The smallest absolute Gasteiger partial charge is 0.338 e. The summed E-state index contributed by atoms with van der Waals surface area (Å²) in [6.45, 7) is 1.24. The van der Waals surface area contributed by atoms with Gasteiger partial charge < -0.3 is 24.5 Å². The number of amides is 2. The van der Waals surface area contributed by atoms with Gasteiger partial charge in [0.1, 0.15) is 18.4 Å². The number of sulfonamides is 1. The number of esters is 2. The molecule has 2 heterocycles. The van der Waals surface area contributed by atoms with Gasteiger partial charge in [0, 0.05) is 14.1 Å². The molecule has 0 fully saturated rings. The Morgan fingerprint density at radius 1 is 1.12 bits per heavy atom. The summed E-state index contributed by atoms with van der Waals surface area (Å²) in [5.74, 6) is -1.28. The molecule has 1 unspecified atom stereocenters. The minimum absolute atomic E-state index is 0.0148. The van der Waals surface area contributed by atoms with E-state index in [0.717, 1.165) is 4.31 Å². The molecule has 0 spiro atoms. The summed E-state index contributed by atoms with van der Waals surface area (Å²) in [7, 11) is -1.01. The maximum Gasteiger partial charge on any atom is 0.338 e. The van der Waals surface area contributed by atoms with Crippen LogP contribution < -0.4 is 10.6 Å². The Balaban J connectivity index is 1.88. The van der Waals surface area contributed by atoms with Crippen LogP contribution in [0.1, 0.15) is 29.1 Å². The first-order valence-corrected chi connectivity index (χ1v) is 11.3. The van der Waals surface area contributed by atoms with E-state index < -0.39 is 40.6 Å². The molecular weight excluding hydrogens is 454 g/mol. The molecule has 0 bridgehead atoms. The first kappa shape index (κ1) is 24.0. The highest BCUT2D eigenvalue weighted by atomic mass is 32.2. The molecule has 176 valence electrons. The zero-order valence-electron chi connectivity index (χ0n) is 18.2. The van der Waals surface area contributed by atoms with Gasteiger partial charge in [0.05, 0.1) is 34.6 Å². The molecule has 0 aliphatic carbocycles. The van der Waals surface area contributed by atoms with Gasteiger partial charge in [-0.2, -0.15) is 0 Å². The van der Waals surface area contributed by atoms with E-state index in [2.05, 4.69) is 10.6 Å². The van der Waals surface area contributed by atoms with Gasteiger partial charge in [-0.3, -0.25) is 0 Å². The Hall–Kier alpha value is -3.64. The molecule has 0 radical (unpaired) electrons. The highest BCUT2D eigenvalue weighted by Gasteiger charge is 2.35. The Bertz CT molecular complexity index is 1190. The minimum atomic E-state index is -3.75. The Labute approximate surface area is 190 Å². The summed E-state index contributed by atoms with van der Waals surface area (Å²) in [5.41, 5.74) is 0.0196. The number of urea groups is 1. The number of benzene rings is 1. The van der Waals surface area contributed by atoms with Gasteiger partial charge in [-0.05, 0) is 37.3 Å². The fourth-order valence-electron chi connectivity index (χ4n) is 3.07. The summed E-state index contributed by atoms with van der Waals surface area (Å²) < 4.78 is 41.4. The molecule has 1 aromatic carbocycles. The zero-order valence-corrected chi connectivity index (χ0v) is 19.0. The quantitative estimate of drug-likeness (QED) is 0.545. The molecule has 2 N–H and O–H groups in total. The van der Waals surface area contributed by atoms with E-state index in [1.54, 1.807) is 19.1 Å². The van der Waals surface area contributed by atoms with E-state index in [4.69, 9.17) is 13.9 Å². The van der Waals surface area contributed by atoms with Crippen molar-refractivity contribution in [3.8, 4) is 0 Å². The van der Waals surface area contributed by atoms with Gasteiger partial charge in [0.25, 0.3) is 0 Å². The standard InChI is InChI=1S/C21H23N3O8S/c1-4-30-20(26)17-15(22-21(27)23-18(17)16-9-6-10-31-16)12-32-19(25)13-7-5-8-14(11-13)33(28,29)24(2)3/h5-11,18H,4,12H2,1-3H3,(H2,22,23,27). The van der Waals surface area contributed by atoms with Crippen molar-refractivity contribution >= 4 is 28.0 Å². The Kier molecular flexibility index (Phi) is 7.19. The van der Waals surface area contributed by atoms with Crippen molar-refractivity contribution in [2.24, 2.45) is 0 Å². The third kappa shape index (κ3) is 5.23. The number of carbonyl (C=O) groups is 3. The number of rotatable bonds is 8. The molecule has 3 rings (SSSR count). The predicted octanol–water partition coefficient (Wildman–Crippen LogP) is 1.56. The number of nitrogens with zero attached hydrogens (tertiary/aromatic N) is 1. The fraction of sp³-hybridized carbons (Fsp3) is 0.286. The number of hydrogen-bond donors (Lipinski definition) is 2. The molecule has 1 aromatic heterocycles. The third-order valence-corrected chi connectivity index (χ3v) is 6.48. The second-order valence-corrected chi connectivity index (χ2v) is 9.20. The van der Waals surface area contributed by atoms with Crippen LogP contribution in [0.4, 0.5) is 4.79 Å². The van der Waals surface area contributed by atoms with Crippen molar-refractivity contribution in [3.63, 3.8) is 0 Å². The van der Waals surface area contributed by atoms with Gasteiger partial charge in [-0.1, -0.05) is 6.07 Å². The number of furan rings is 1. The molecule has 12 heteroatoms. The molecule has 33 heavy (non-hydrogen) atoms.